The highest BCUT2D eigenvalue weighted by Gasteiger charge is 2.20. The number of aromatic nitrogens is 4. The molecule has 0 aliphatic rings. The van der Waals surface area contributed by atoms with Crippen molar-refractivity contribution in [3.05, 3.63) is 78.5 Å². The van der Waals surface area contributed by atoms with E-state index in [1.165, 1.54) is 4.68 Å². The second-order valence-electron chi connectivity index (χ2n) is 11.4. The van der Waals surface area contributed by atoms with Crippen molar-refractivity contribution in [2.24, 2.45) is 0 Å². The zero-order valence-electron chi connectivity index (χ0n) is 24.5. The van der Waals surface area contributed by atoms with Crippen LogP contribution in [-0.4, -0.2) is 69.4 Å². The Morgan fingerprint density at radius 3 is 2.57 bits per heavy atom. The summed E-state index contributed by atoms with van der Waals surface area (Å²) in [7, 11) is 3.95. The molecule has 0 atom stereocenters. The van der Waals surface area contributed by atoms with Crippen LogP contribution in [0.3, 0.4) is 0 Å². The minimum Gasteiger partial charge on any atom is -0.442 e. The Labute approximate surface area is 244 Å². The Morgan fingerprint density at radius 2 is 1.79 bits per heavy atom. The number of hydrogen-bond donors (Lipinski definition) is 2. The molecule has 0 fully saturated rings. The maximum atomic E-state index is 12.6. The molecule has 216 valence electrons. The zero-order chi connectivity index (χ0) is 29.9. The van der Waals surface area contributed by atoms with Gasteiger partial charge in [-0.3, -0.25) is 4.79 Å². The maximum Gasteiger partial charge on any atom is 0.435 e. The summed E-state index contributed by atoms with van der Waals surface area (Å²) < 4.78 is 6.74. The number of rotatable bonds is 8. The van der Waals surface area contributed by atoms with Gasteiger partial charge in [0.25, 0.3) is 0 Å². The van der Waals surface area contributed by atoms with E-state index in [4.69, 9.17) is 14.7 Å². The van der Waals surface area contributed by atoms with Crippen LogP contribution in [0.2, 0.25) is 0 Å². The molecular formula is C32H35N7O3. The summed E-state index contributed by atoms with van der Waals surface area (Å²) in [5, 5.41) is 12.3. The molecule has 0 radical (unpaired) electrons. The van der Waals surface area contributed by atoms with Gasteiger partial charge in [-0.15, -0.1) is 0 Å². The molecule has 5 aromatic rings. The fourth-order valence-electron chi connectivity index (χ4n) is 4.49. The molecule has 0 unspecified atom stereocenters. The lowest BCUT2D eigenvalue weighted by atomic mass is 10.1. The van der Waals surface area contributed by atoms with Gasteiger partial charge in [0.1, 0.15) is 11.4 Å². The van der Waals surface area contributed by atoms with Crippen LogP contribution in [0.25, 0.3) is 33.2 Å². The Kier molecular flexibility index (Phi) is 8.17. The van der Waals surface area contributed by atoms with Crippen LogP contribution >= 0.6 is 0 Å². The average Bonchev–Trinajstić information content (AvgIpc) is 3.35. The summed E-state index contributed by atoms with van der Waals surface area (Å²) in [5.41, 5.74) is 3.29. The van der Waals surface area contributed by atoms with Crippen molar-refractivity contribution in [3.63, 3.8) is 0 Å². The minimum absolute atomic E-state index is 0.0267. The molecule has 2 aromatic heterocycles. The third-order valence-corrected chi connectivity index (χ3v) is 6.43. The number of anilines is 2. The second kappa shape index (κ2) is 12.0. The Morgan fingerprint density at radius 1 is 0.976 bits per heavy atom. The quantitative estimate of drug-likeness (QED) is 0.257. The number of nitrogens with one attached hydrogen (secondary N) is 2. The fraction of sp³-hybridized carbons (Fsp3) is 0.281. The number of likely N-dealkylation sites (N-methyl/N-ethyl adjacent to an activating group) is 1. The topological polar surface area (TPSA) is 114 Å². The molecule has 0 aliphatic carbocycles. The Bertz CT molecular complexity index is 1750. The normalized spacial score (nSPS) is 11.7. The summed E-state index contributed by atoms with van der Waals surface area (Å²) in [4.78, 5) is 36.8. The summed E-state index contributed by atoms with van der Waals surface area (Å²) in [6.07, 6.45) is 1.38. The summed E-state index contributed by atoms with van der Waals surface area (Å²) in [6.45, 7) is 6.84. The van der Waals surface area contributed by atoms with Crippen molar-refractivity contribution < 1.29 is 14.3 Å². The van der Waals surface area contributed by atoms with Crippen LogP contribution in [0.1, 0.15) is 26.3 Å². The third-order valence-electron chi connectivity index (χ3n) is 6.43. The lowest BCUT2D eigenvalue weighted by Crippen LogP contribution is -2.32. The molecule has 0 saturated heterocycles. The number of para-hydroxylation sites is 1. The molecule has 10 nitrogen and oxygen atoms in total. The first-order valence-electron chi connectivity index (χ1n) is 13.8. The lowest BCUT2D eigenvalue weighted by Gasteiger charge is -2.19. The van der Waals surface area contributed by atoms with Crippen LogP contribution in [0.4, 0.5) is 16.3 Å². The predicted octanol–water partition coefficient (Wildman–Crippen LogP) is 5.39. The van der Waals surface area contributed by atoms with Crippen molar-refractivity contribution in [1.82, 2.24) is 30.0 Å². The molecule has 0 aliphatic heterocycles. The van der Waals surface area contributed by atoms with Gasteiger partial charge in [0.15, 0.2) is 5.82 Å². The first-order chi connectivity index (χ1) is 20.1. The van der Waals surface area contributed by atoms with E-state index in [2.05, 4.69) is 15.7 Å². The lowest BCUT2D eigenvalue weighted by molar-refractivity contribution is -0.120. The molecule has 0 saturated carbocycles. The van der Waals surface area contributed by atoms with E-state index < -0.39 is 11.7 Å². The largest absolute Gasteiger partial charge is 0.442 e. The summed E-state index contributed by atoms with van der Waals surface area (Å²) >= 11 is 0. The molecule has 2 N–H and O–H groups in total. The van der Waals surface area contributed by atoms with Gasteiger partial charge in [-0.1, -0.05) is 30.3 Å². The van der Waals surface area contributed by atoms with Crippen molar-refractivity contribution in [2.45, 2.75) is 32.8 Å². The fourth-order valence-corrected chi connectivity index (χ4v) is 4.49. The number of ether oxygens (including phenoxy) is 1. The number of carbonyl (C=O) groups is 2. The number of benzene rings is 3. The van der Waals surface area contributed by atoms with E-state index >= 15 is 0 Å². The first-order valence-corrected chi connectivity index (χ1v) is 13.8. The van der Waals surface area contributed by atoms with Crippen LogP contribution in [0, 0.1) is 0 Å². The highest BCUT2D eigenvalue weighted by Crippen LogP contribution is 2.29. The summed E-state index contributed by atoms with van der Waals surface area (Å²) in [6, 6.07) is 21.2. The van der Waals surface area contributed by atoms with Gasteiger partial charge in [0.05, 0.1) is 23.7 Å². The smallest absolute Gasteiger partial charge is 0.435 e. The monoisotopic (exact) mass is 565 g/mol. The van der Waals surface area contributed by atoms with Crippen molar-refractivity contribution in [3.8, 4) is 11.4 Å². The third kappa shape index (κ3) is 6.90. The van der Waals surface area contributed by atoms with Gasteiger partial charge < -0.3 is 20.3 Å². The second-order valence-corrected chi connectivity index (χ2v) is 11.4. The van der Waals surface area contributed by atoms with E-state index in [0.717, 1.165) is 39.6 Å². The molecule has 10 heteroatoms. The maximum absolute atomic E-state index is 12.6. The predicted molar refractivity (Wildman–Crippen MR) is 165 cm³/mol. The van der Waals surface area contributed by atoms with Crippen LogP contribution in [-0.2, 0) is 16.0 Å². The molecule has 42 heavy (non-hydrogen) atoms. The summed E-state index contributed by atoms with van der Waals surface area (Å²) in [5.74, 6) is 1.16. The number of nitrogens with zero attached hydrogens (tertiary/aromatic N) is 5. The van der Waals surface area contributed by atoms with Crippen molar-refractivity contribution >= 4 is 45.3 Å². The molecule has 0 bridgehead atoms. The molecule has 0 spiro atoms. The SMILES string of the molecule is CN(C)CCNC(=O)Cc1cccc(-c2nc(Nc3ccc4c(cnn4C(=O)OC(C)(C)C)c3)c3ccccc3n2)c1. The van der Waals surface area contributed by atoms with E-state index in [1.807, 2.05) is 106 Å². The van der Waals surface area contributed by atoms with Crippen LogP contribution in [0.5, 0.6) is 0 Å². The van der Waals surface area contributed by atoms with Crippen molar-refractivity contribution in [1.29, 1.82) is 0 Å². The Balaban J connectivity index is 1.41. The van der Waals surface area contributed by atoms with Crippen LogP contribution in [0.15, 0.2) is 72.9 Å². The van der Waals surface area contributed by atoms with Gasteiger partial charge in [-0.05, 0) is 76.8 Å². The van der Waals surface area contributed by atoms with Gasteiger partial charge >= 0.3 is 6.09 Å². The standard InChI is InChI=1S/C32H35N7O3/c1-32(2,3)42-31(41)39-27-14-13-24(19-23(27)20-34-39)35-30-25-11-6-7-12-26(25)36-29(37-30)22-10-8-9-21(17-22)18-28(40)33-15-16-38(4)5/h6-14,17,19-20H,15-16,18H2,1-5H3,(H,33,40)(H,35,36,37). The van der Waals surface area contributed by atoms with Gasteiger partial charge in [0, 0.05) is 35.1 Å². The van der Waals surface area contributed by atoms with Gasteiger partial charge in [0.2, 0.25) is 5.91 Å². The average molecular weight is 566 g/mol. The Hall–Kier alpha value is -4.83. The van der Waals surface area contributed by atoms with Crippen molar-refractivity contribution in [2.75, 3.05) is 32.5 Å². The zero-order valence-corrected chi connectivity index (χ0v) is 24.5. The molecule has 5 rings (SSSR count). The highest BCUT2D eigenvalue weighted by molar-refractivity contribution is 5.94. The number of carbonyl (C=O) groups excluding carboxylic acids is 2. The van der Waals surface area contributed by atoms with E-state index in [-0.39, 0.29) is 12.3 Å². The number of hydrogen-bond acceptors (Lipinski definition) is 8. The van der Waals surface area contributed by atoms with Gasteiger partial charge in [-0.25, -0.2) is 14.8 Å². The molecule has 1 amide bonds. The van der Waals surface area contributed by atoms with Crippen LogP contribution < -0.4 is 10.6 Å². The van der Waals surface area contributed by atoms with E-state index in [0.29, 0.717) is 23.7 Å². The number of fused-ring (bicyclic) bond motifs is 2. The molecule has 3 aromatic carbocycles. The molecule has 2 heterocycles. The molecular weight excluding hydrogens is 530 g/mol. The number of amides is 1. The van der Waals surface area contributed by atoms with Gasteiger partial charge in [-0.2, -0.15) is 9.78 Å². The van der Waals surface area contributed by atoms with E-state index in [9.17, 15) is 9.59 Å². The highest BCUT2D eigenvalue weighted by atomic mass is 16.6. The van der Waals surface area contributed by atoms with E-state index in [1.54, 1.807) is 6.20 Å². The first kappa shape index (κ1) is 28.7. The minimum atomic E-state index is -0.625.